The maximum Gasteiger partial charge on any atom is 0.242 e. The van der Waals surface area contributed by atoms with E-state index in [4.69, 9.17) is 4.74 Å². The van der Waals surface area contributed by atoms with E-state index in [2.05, 4.69) is 53.6 Å². The minimum Gasteiger partial charge on any atom is -0.373 e. The van der Waals surface area contributed by atoms with Gasteiger partial charge < -0.3 is 15.4 Å². The zero-order valence-electron chi connectivity index (χ0n) is 15.0. The van der Waals surface area contributed by atoms with Crippen LogP contribution in [0.4, 0.5) is 0 Å². The van der Waals surface area contributed by atoms with Crippen molar-refractivity contribution in [2.75, 3.05) is 13.1 Å². The molecule has 0 aromatic heterocycles. The molecule has 3 unspecified atom stereocenters. The molecule has 0 saturated carbocycles. The molecule has 0 spiro atoms. The van der Waals surface area contributed by atoms with E-state index in [0.29, 0.717) is 19.4 Å². The molecule has 0 bridgehead atoms. The van der Waals surface area contributed by atoms with Crippen LogP contribution in [0.3, 0.4) is 0 Å². The van der Waals surface area contributed by atoms with E-state index in [1.807, 2.05) is 0 Å². The maximum absolute atomic E-state index is 12.0. The van der Waals surface area contributed by atoms with Crippen molar-refractivity contribution in [2.24, 2.45) is 0 Å². The lowest BCUT2D eigenvalue weighted by atomic mass is 10.1. The van der Waals surface area contributed by atoms with E-state index >= 15 is 0 Å². The molecule has 1 aromatic carbocycles. The highest BCUT2D eigenvalue weighted by molar-refractivity contribution is 5.90. The van der Waals surface area contributed by atoms with Crippen molar-refractivity contribution >= 4 is 11.8 Å². The van der Waals surface area contributed by atoms with Crippen molar-refractivity contribution < 1.29 is 14.3 Å². The summed E-state index contributed by atoms with van der Waals surface area (Å²) in [7, 11) is 0. The quantitative estimate of drug-likeness (QED) is 0.841. The molecule has 25 heavy (non-hydrogen) atoms. The number of hydrogen-bond acceptors (Lipinski definition) is 4. The molecule has 6 nitrogen and oxygen atoms in total. The minimum atomic E-state index is -0.378. The summed E-state index contributed by atoms with van der Waals surface area (Å²) in [4.78, 5) is 25.6. The first-order valence-electron chi connectivity index (χ1n) is 9.02. The van der Waals surface area contributed by atoms with Crippen molar-refractivity contribution in [3.8, 4) is 0 Å². The molecule has 0 radical (unpaired) electrons. The topological polar surface area (TPSA) is 70.7 Å². The van der Waals surface area contributed by atoms with Crippen molar-refractivity contribution in [2.45, 2.75) is 58.0 Å². The normalized spacial score (nSPS) is 27.1. The van der Waals surface area contributed by atoms with Gasteiger partial charge >= 0.3 is 0 Å². The Labute approximate surface area is 148 Å². The predicted molar refractivity (Wildman–Crippen MR) is 94.7 cm³/mol. The van der Waals surface area contributed by atoms with E-state index in [9.17, 15) is 9.59 Å². The second-order valence-corrected chi connectivity index (χ2v) is 7.14. The van der Waals surface area contributed by atoms with E-state index in [-0.39, 0.29) is 30.1 Å². The van der Waals surface area contributed by atoms with Crippen LogP contribution < -0.4 is 10.6 Å². The monoisotopic (exact) mass is 345 g/mol. The zero-order valence-corrected chi connectivity index (χ0v) is 15.0. The summed E-state index contributed by atoms with van der Waals surface area (Å²) in [5, 5.41) is 5.58. The van der Waals surface area contributed by atoms with Crippen LogP contribution in [-0.4, -0.2) is 48.1 Å². The molecule has 2 amide bonds. The summed E-state index contributed by atoms with van der Waals surface area (Å²) in [6.45, 7) is 7.53. The third-order valence-corrected chi connectivity index (χ3v) is 4.70. The van der Waals surface area contributed by atoms with Gasteiger partial charge in [0.05, 0.1) is 12.2 Å². The van der Waals surface area contributed by atoms with Crippen LogP contribution >= 0.6 is 0 Å². The number of nitrogens with one attached hydrogen (secondary N) is 2. The molecule has 2 N–H and O–H groups in total. The molecular weight excluding hydrogens is 318 g/mol. The van der Waals surface area contributed by atoms with Crippen LogP contribution in [0.15, 0.2) is 24.3 Å². The highest BCUT2D eigenvalue weighted by Crippen LogP contribution is 2.15. The SMILES string of the molecule is CC1CN(Cc2ccc(CNC(=O)C3CCC(=O)N3)cc2)CC(C)O1. The molecule has 1 aromatic rings. The number of amides is 2. The number of hydrogen-bond donors (Lipinski definition) is 2. The number of ether oxygens (including phenoxy) is 1. The van der Waals surface area contributed by atoms with Gasteiger partial charge in [0.1, 0.15) is 6.04 Å². The number of benzene rings is 1. The zero-order chi connectivity index (χ0) is 17.8. The molecule has 2 aliphatic heterocycles. The lowest BCUT2D eigenvalue weighted by molar-refractivity contribution is -0.125. The Bertz CT molecular complexity index is 607. The second kappa shape index (κ2) is 7.97. The fourth-order valence-corrected chi connectivity index (χ4v) is 3.56. The lowest BCUT2D eigenvalue weighted by Crippen LogP contribution is -2.44. The number of carbonyl (C=O) groups excluding carboxylic acids is 2. The number of carbonyl (C=O) groups is 2. The Hall–Kier alpha value is -1.92. The number of morpholine rings is 1. The van der Waals surface area contributed by atoms with Gasteiger partial charge in [-0.3, -0.25) is 14.5 Å². The Morgan fingerprint density at radius 1 is 1.20 bits per heavy atom. The van der Waals surface area contributed by atoms with Gasteiger partial charge in [0.25, 0.3) is 0 Å². The van der Waals surface area contributed by atoms with Gasteiger partial charge in [-0.15, -0.1) is 0 Å². The fourth-order valence-electron chi connectivity index (χ4n) is 3.56. The lowest BCUT2D eigenvalue weighted by Gasteiger charge is -2.35. The van der Waals surface area contributed by atoms with Gasteiger partial charge in [0.2, 0.25) is 11.8 Å². The summed E-state index contributed by atoms with van der Waals surface area (Å²) >= 11 is 0. The molecule has 2 saturated heterocycles. The number of rotatable bonds is 5. The van der Waals surface area contributed by atoms with Gasteiger partial charge in [-0.2, -0.15) is 0 Å². The summed E-state index contributed by atoms with van der Waals surface area (Å²) in [6.07, 6.45) is 1.56. The van der Waals surface area contributed by atoms with E-state index in [1.165, 1.54) is 5.56 Å². The minimum absolute atomic E-state index is 0.0451. The average molecular weight is 345 g/mol. The number of nitrogens with zero attached hydrogens (tertiary/aromatic N) is 1. The third-order valence-electron chi connectivity index (χ3n) is 4.70. The van der Waals surface area contributed by atoms with Crippen molar-refractivity contribution in [3.63, 3.8) is 0 Å². The highest BCUT2D eigenvalue weighted by Gasteiger charge is 2.26. The van der Waals surface area contributed by atoms with Crippen LogP contribution in [0.1, 0.15) is 37.8 Å². The second-order valence-electron chi connectivity index (χ2n) is 7.14. The summed E-state index contributed by atoms with van der Waals surface area (Å²) < 4.78 is 5.77. The van der Waals surface area contributed by atoms with E-state index < -0.39 is 0 Å². The predicted octanol–water partition coefficient (Wildman–Crippen LogP) is 1.19. The molecule has 0 aliphatic carbocycles. The first-order chi connectivity index (χ1) is 12.0. The maximum atomic E-state index is 12.0. The Kier molecular flexibility index (Phi) is 5.71. The first kappa shape index (κ1) is 17.9. The van der Waals surface area contributed by atoms with Crippen LogP contribution in [-0.2, 0) is 27.4 Å². The van der Waals surface area contributed by atoms with Crippen molar-refractivity contribution in [1.29, 1.82) is 0 Å². The van der Waals surface area contributed by atoms with Crippen LogP contribution in [0.5, 0.6) is 0 Å². The highest BCUT2D eigenvalue weighted by atomic mass is 16.5. The van der Waals surface area contributed by atoms with Gasteiger partial charge in [-0.25, -0.2) is 0 Å². The molecule has 2 aliphatic rings. The standard InChI is InChI=1S/C19H27N3O3/c1-13-10-22(11-14(2)25-13)12-16-5-3-15(4-6-16)9-20-19(24)17-7-8-18(23)21-17/h3-6,13-14,17H,7-12H2,1-2H3,(H,20,24)(H,21,23). The van der Waals surface area contributed by atoms with Gasteiger partial charge in [0.15, 0.2) is 0 Å². The largest absolute Gasteiger partial charge is 0.373 e. The summed E-state index contributed by atoms with van der Waals surface area (Å²) in [6, 6.07) is 7.96. The van der Waals surface area contributed by atoms with Crippen molar-refractivity contribution in [1.82, 2.24) is 15.5 Å². The summed E-state index contributed by atoms with van der Waals surface area (Å²) in [5.74, 6) is -0.150. The molecule has 3 atom stereocenters. The first-order valence-corrected chi connectivity index (χ1v) is 9.02. The fraction of sp³-hybridized carbons (Fsp3) is 0.579. The van der Waals surface area contributed by atoms with Crippen molar-refractivity contribution in [3.05, 3.63) is 35.4 Å². The van der Waals surface area contributed by atoms with Crippen LogP contribution in [0.25, 0.3) is 0 Å². The Balaban J connectivity index is 1.47. The van der Waals surface area contributed by atoms with Crippen LogP contribution in [0, 0.1) is 0 Å². The smallest absolute Gasteiger partial charge is 0.242 e. The molecule has 3 rings (SSSR count). The van der Waals surface area contributed by atoms with Crippen LogP contribution in [0.2, 0.25) is 0 Å². The van der Waals surface area contributed by atoms with Gasteiger partial charge in [-0.05, 0) is 31.4 Å². The average Bonchev–Trinajstić information content (AvgIpc) is 2.99. The molecule has 136 valence electrons. The third kappa shape index (κ3) is 5.03. The molecule has 2 fully saturated rings. The Morgan fingerprint density at radius 2 is 1.84 bits per heavy atom. The molecule has 2 heterocycles. The van der Waals surface area contributed by atoms with Gasteiger partial charge in [0, 0.05) is 32.6 Å². The van der Waals surface area contributed by atoms with Gasteiger partial charge in [-0.1, -0.05) is 24.3 Å². The molecule has 6 heteroatoms. The van der Waals surface area contributed by atoms with E-state index in [0.717, 1.165) is 25.2 Å². The Morgan fingerprint density at radius 3 is 2.44 bits per heavy atom. The molecular formula is C19H27N3O3. The van der Waals surface area contributed by atoms with E-state index in [1.54, 1.807) is 0 Å². The summed E-state index contributed by atoms with van der Waals surface area (Å²) in [5.41, 5.74) is 2.32.